The Morgan fingerprint density at radius 3 is 2.19 bits per heavy atom. The molecule has 7 heteroatoms. The fraction of sp³-hybridized carbons (Fsp3) is 0.0526. The summed E-state index contributed by atoms with van der Waals surface area (Å²) in [5.74, 6) is -1.38. The molecule has 0 unspecified atom stereocenters. The molecule has 0 aromatic heterocycles. The number of nitriles is 1. The molecule has 0 saturated carbocycles. The van der Waals surface area contributed by atoms with Gasteiger partial charge in [0.15, 0.2) is 0 Å². The number of benzene rings is 2. The largest absolute Gasteiger partial charge is 0.326 e. The molecule has 1 aliphatic rings. The van der Waals surface area contributed by atoms with Crippen LogP contribution in [0, 0.1) is 11.3 Å². The van der Waals surface area contributed by atoms with E-state index in [-0.39, 0.29) is 16.5 Å². The number of hydrogen-bond donors (Lipinski definition) is 1. The Bertz CT molecular complexity index is 986. The van der Waals surface area contributed by atoms with Crippen molar-refractivity contribution in [2.24, 2.45) is 0 Å². The number of anilines is 2. The zero-order valence-corrected chi connectivity index (χ0v) is 14.4. The molecule has 2 aromatic carbocycles. The van der Waals surface area contributed by atoms with E-state index >= 15 is 0 Å². The standard InChI is InChI=1S/C19H12ClN3O3/c1-11(24)22-14-6-4-13(5-7-14)16-17(20)19(26)23(18(16)25)15-8-2-12(10-21)3-9-15/h2-9H,1H3,(H,22,24). The van der Waals surface area contributed by atoms with Crippen LogP contribution < -0.4 is 10.2 Å². The Kier molecular flexibility index (Phi) is 4.57. The Morgan fingerprint density at radius 2 is 1.65 bits per heavy atom. The summed E-state index contributed by atoms with van der Waals surface area (Å²) >= 11 is 6.13. The van der Waals surface area contributed by atoms with Gasteiger partial charge in [-0.05, 0) is 42.0 Å². The molecule has 26 heavy (non-hydrogen) atoms. The third-order valence-corrected chi connectivity index (χ3v) is 4.13. The van der Waals surface area contributed by atoms with E-state index in [2.05, 4.69) is 5.32 Å². The van der Waals surface area contributed by atoms with Crippen LogP contribution in [0.4, 0.5) is 11.4 Å². The first-order valence-corrected chi connectivity index (χ1v) is 7.97. The van der Waals surface area contributed by atoms with Crippen LogP contribution in [0.2, 0.25) is 0 Å². The molecule has 1 heterocycles. The fourth-order valence-electron chi connectivity index (χ4n) is 2.60. The van der Waals surface area contributed by atoms with Crippen molar-refractivity contribution >= 4 is 46.3 Å². The number of halogens is 1. The van der Waals surface area contributed by atoms with Gasteiger partial charge in [-0.25, -0.2) is 4.90 Å². The highest BCUT2D eigenvalue weighted by molar-refractivity contribution is 6.60. The van der Waals surface area contributed by atoms with Crippen molar-refractivity contribution in [1.29, 1.82) is 5.26 Å². The van der Waals surface area contributed by atoms with Crippen LogP contribution >= 0.6 is 11.6 Å². The Morgan fingerprint density at radius 1 is 1.04 bits per heavy atom. The normalized spacial score (nSPS) is 13.8. The van der Waals surface area contributed by atoms with Gasteiger partial charge in [-0.3, -0.25) is 14.4 Å². The van der Waals surface area contributed by atoms with E-state index in [9.17, 15) is 14.4 Å². The molecule has 0 fully saturated rings. The monoisotopic (exact) mass is 365 g/mol. The van der Waals surface area contributed by atoms with E-state index in [1.54, 1.807) is 24.3 Å². The first kappa shape index (κ1) is 17.4. The van der Waals surface area contributed by atoms with E-state index in [0.717, 1.165) is 4.90 Å². The summed E-state index contributed by atoms with van der Waals surface area (Å²) in [7, 11) is 0. The predicted molar refractivity (Wildman–Crippen MR) is 97.2 cm³/mol. The van der Waals surface area contributed by atoms with Gasteiger partial charge in [0.05, 0.1) is 22.9 Å². The number of nitrogens with one attached hydrogen (secondary N) is 1. The second-order valence-electron chi connectivity index (χ2n) is 5.55. The summed E-state index contributed by atoms with van der Waals surface area (Å²) in [6.07, 6.45) is 0. The van der Waals surface area contributed by atoms with Crippen molar-refractivity contribution in [3.8, 4) is 6.07 Å². The third kappa shape index (κ3) is 3.08. The molecule has 2 aromatic rings. The summed E-state index contributed by atoms with van der Waals surface area (Å²) in [6, 6.07) is 14.5. The molecule has 128 valence electrons. The highest BCUT2D eigenvalue weighted by Crippen LogP contribution is 2.35. The van der Waals surface area contributed by atoms with E-state index in [1.165, 1.54) is 31.2 Å². The lowest BCUT2D eigenvalue weighted by molar-refractivity contribution is -0.120. The lowest BCUT2D eigenvalue weighted by Crippen LogP contribution is -2.31. The second-order valence-corrected chi connectivity index (χ2v) is 5.93. The van der Waals surface area contributed by atoms with Gasteiger partial charge in [-0.2, -0.15) is 5.26 Å². The van der Waals surface area contributed by atoms with Crippen molar-refractivity contribution in [1.82, 2.24) is 0 Å². The van der Waals surface area contributed by atoms with Crippen LogP contribution in [-0.4, -0.2) is 17.7 Å². The molecule has 0 bridgehead atoms. The highest BCUT2D eigenvalue weighted by Gasteiger charge is 2.39. The van der Waals surface area contributed by atoms with Crippen LogP contribution in [0.15, 0.2) is 53.6 Å². The molecular formula is C19H12ClN3O3. The van der Waals surface area contributed by atoms with E-state index in [4.69, 9.17) is 16.9 Å². The van der Waals surface area contributed by atoms with Crippen LogP contribution in [0.5, 0.6) is 0 Å². The maximum Gasteiger partial charge on any atom is 0.277 e. The smallest absolute Gasteiger partial charge is 0.277 e. The number of amides is 3. The first-order valence-electron chi connectivity index (χ1n) is 7.59. The minimum atomic E-state index is -0.623. The van der Waals surface area contributed by atoms with Crippen LogP contribution in [0.25, 0.3) is 5.57 Å². The molecule has 0 spiro atoms. The van der Waals surface area contributed by atoms with Gasteiger partial charge in [0.1, 0.15) is 5.03 Å². The van der Waals surface area contributed by atoms with Gasteiger partial charge in [-0.15, -0.1) is 0 Å². The summed E-state index contributed by atoms with van der Waals surface area (Å²) in [6.45, 7) is 1.39. The first-order chi connectivity index (χ1) is 12.4. The van der Waals surface area contributed by atoms with Crippen molar-refractivity contribution < 1.29 is 14.4 Å². The van der Waals surface area contributed by atoms with Crippen LogP contribution in [0.3, 0.4) is 0 Å². The van der Waals surface area contributed by atoms with Crippen molar-refractivity contribution in [3.05, 3.63) is 64.7 Å². The lowest BCUT2D eigenvalue weighted by Gasteiger charge is -2.14. The second kappa shape index (κ2) is 6.82. The third-order valence-electron chi connectivity index (χ3n) is 3.78. The molecule has 3 amide bonds. The van der Waals surface area contributed by atoms with E-state index < -0.39 is 11.8 Å². The van der Waals surface area contributed by atoms with Crippen LogP contribution in [-0.2, 0) is 14.4 Å². The lowest BCUT2D eigenvalue weighted by atomic mass is 10.1. The maximum absolute atomic E-state index is 12.8. The molecule has 0 radical (unpaired) electrons. The Balaban J connectivity index is 1.93. The SMILES string of the molecule is CC(=O)Nc1ccc(C2=C(Cl)C(=O)N(c3ccc(C#N)cc3)C2=O)cc1. The molecular weight excluding hydrogens is 354 g/mol. The van der Waals surface area contributed by atoms with Crippen LogP contribution in [0.1, 0.15) is 18.1 Å². The van der Waals surface area contributed by atoms with Gasteiger partial charge in [-0.1, -0.05) is 23.7 Å². The average molecular weight is 366 g/mol. The molecule has 0 saturated heterocycles. The Hall–Kier alpha value is -3.43. The number of carbonyl (C=O) groups is 3. The summed E-state index contributed by atoms with van der Waals surface area (Å²) in [5, 5.41) is 11.3. The average Bonchev–Trinajstić information content (AvgIpc) is 2.85. The number of imide groups is 1. The van der Waals surface area contributed by atoms with E-state index in [1.807, 2.05) is 6.07 Å². The molecule has 3 rings (SSSR count). The zero-order chi connectivity index (χ0) is 18.8. The van der Waals surface area contributed by atoms with Gasteiger partial charge >= 0.3 is 0 Å². The predicted octanol–water partition coefficient (Wildman–Crippen LogP) is 3.04. The summed E-state index contributed by atoms with van der Waals surface area (Å²) < 4.78 is 0. The quantitative estimate of drug-likeness (QED) is 0.846. The Labute approximate surface area is 154 Å². The molecule has 1 N–H and O–H groups in total. The zero-order valence-electron chi connectivity index (χ0n) is 13.6. The fourth-order valence-corrected chi connectivity index (χ4v) is 2.87. The number of rotatable bonds is 3. The number of nitrogens with zero attached hydrogens (tertiary/aromatic N) is 2. The van der Waals surface area contributed by atoms with Crippen molar-refractivity contribution in [2.45, 2.75) is 6.92 Å². The van der Waals surface area contributed by atoms with Crippen molar-refractivity contribution in [3.63, 3.8) is 0 Å². The molecule has 1 aliphatic heterocycles. The number of hydrogen-bond acceptors (Lipinski definition) is 4. The minimum absolute atomic E-state index is 0.0930. The number of carbonyl (C=O) groups excluding carboxylic acids is 3. The molecule has 0 aliphatic carbocycles. The van der Waals surface area contributed by atoms with Gasteiger partial charge in [0, 0.05) is 12.6 Å². The molecule has 0 atom stereocenters. The topological polar surface area (TPSA) is 90.3 Å². The van der Waals surface area contributed by atoms with Gasteiger partial charge in [0.25, 0.3) is 11.8 Å². The molecule has 6 nitrogen and oxygen atoms in total. The van der Waals surface area contributed by atoms with Gasteiger partial charge < -0.3 is 5.32 Å². The maximum atomic E-state index is 12.8. The highest BCUT2D eigenvalue weighted by atomic mass is 35.5. The minimum Gasteiger partial charge on any atom is -0.326 e. The summed E-state index contributed by atoms with van der Waals surface area (Å²) in [4.78, 5) is 37.3. The van der Waals surface area contributed by atoms with Crippen molar-refractivity contribution in [2.75, 3.05) is 10.2 Å². The van der Waals surface area contributed by atoms with Gasteiger partial charge in [0.2, 0.25) is 5.91 Å². The summed E-state index contributed by atoms with van der Waals surface area (Å²) in [5.41, 5.74) is 1.88. The van der Waals surface area contributed by atoms with E-state index in [0.29, 0.717) is 22.5 Å².